The van der Waals surface area contributed by atoms with Gasteiger partial charge in [0.05, 0.1) is 6.61 Å². The van der Waals surface area contributed by atoms with Gasteiger partial charge in [-0.3, -0.25) is 0 Å². The second-order valence-electron chi connectivity index (χ2n) is 5.01. The van der Waals surface area contributed by atoms with E-state index in [2.05, 4.69) is 0 Å². The molecule has 0 aliphatic carbocycles. The van der Waals surface area contributed by atoms with E-state index in [1.807, 2.05) is 37.3 Å². The van der Waals surface area contributed by atoms with Gasteiger partial charge >= 0.3 is 0 Å². The minimum Gasteiger partial charge on any atom is -0.493 e. The quantitative estimate of drug-likeness (QED) is 0.895. The Balaban J connectivity index is 1.97. The number of halogens is 1. The van der Waals surface area contributed by atoms with E-state index in [1.54, 1.807) is 6.07 Å². The lowest BCUT2D eigenvalue weighted by Gasteiger charge is -2.19. The molecule has 2 aromatic rings. The molecule has 19 heavy (non-hydrogen) atoms. The first-order valence-corrected chi connectivity index (χ1v) is 6.40. The molecule has 0 fully saturated rings. The summed E-state index contributed by atoms with van der Waals surface area (Å²) in [4.78, 5) is 0. The molecule has 1 aliphatic heterocycles. The summed E-state index contributed by atoms with van der Waals surface area (Å²) in [6, 6.07) is 12.5. The van der Waals surface area contributed by atoms with Crippen molar-refractivity contribution in [2.75, 3.05) is 6.61 Å². The fourth-order valence-corrected chi connectivity index (χ4v) is 2.62. The fraction of sp³-hybridized carbons (Fsp3) is 0.250. The van der Waals surface area contributed by atoms with Crippen LogP contribution in [0.15, 0.2) is 42.5 Å². The molecule has 2 aromatic carbocycles. The number of para-hydroxylation sites is 1. The fourth-order valence-electron chi connectivity index (χ4n) is 2.62. The minimum absolute atomic E-state index is 0.00694. The van der Waals surface area contributed by atoms with E-state index in [9.17, 15) is 4.39 Å². The van der Waals surface area contributed by atoms with Crippen LogP contribution in [0.1, 0.15) is 28.7 Å². The molecular formula is C16H16FNO. The number of rotatable bonds is 2. The molecule has 0 spiro atoms. The third-order valence-electron chi connectivity index (χ3n) is 3.68. The first-order valence-electron chi connectivity index (χ1n) is 6.40. The minimum atomic E-state index is -0.386. The molecule has 0 radical (unpaired) electrons. The molecule has 0 aromatic heterocycles. The molecule has 2 nitrogen and oxygen atoms in total. The molecule has 0 saturated carbocycles. The predicted octanol–water partition coefficient (Wildman–Crippen LogP) is 3.31. The Morgan fingerprint density at radius 1 is 1.26 bits per heavy atom. The molecule has 2 N–H and O–H groups in total. The van der Waals surface area contributed by atoms with E-state index in [4.69, 9.17) is 10.5 Å². The lowest BCUT2D eigenvalue weighted by molar-refractivity contribution is 0.313. The van der Waals surface area contributed by atoms with Crippen LogP contribution >= 0.6 is 0 Å². The highest BCUT2D eigenvalue weighted by atomic mass is 19.1. The van der Waals surface area contributed by atoms with Gasteiger partial charge in [0.25, 0.3) is 0 Å². The van der Waals surface area contributed by atoms with Gasteiger partial charge in [-0.15, -0.1) is 0 Å². The van der Waals surface area contributed by atoms with Crippen molar-refractivity contribution >= 4 is 0 Å². The van der Waals surface area contributed by atoms with Crippen LogP contribution in [0.4, 0.5) is 4.39 Å². The maximum absolute atomic E-state index is 13.9. The van der Waals surface area contributed by atoms with Crippen molar-refractivity contribution < 1.29 is 9.13 Å². The molecule has 1 aliphatic rings. The topological polar surface area (TPSA) is 35.2 Å². The Hall–Kier alpha value is -1.87. The summed E-state index contributed by atoms with van der Waals surface area (Å²) < 4.78 is 19.5. The molecular weight excluding hydrogens is 241 g/mol. The molecule has 2 atom stereocenters. The Kier molecular flexibility index (Phi) is 2.99. The van der Waals surface area contributed by atoms with Gasteiger partial charge < -0.3 is 10.5 Å². The van der Waals surface area contributed by atoms with E-state index in [0.29, 0.717) is 12.2 Å². The molecule has 0 saturated heterocycles. The van der Waals surface area contributed by atoms with E-state index in [-0.39, 0.29) is 17.8 Å². The highest BCUT2D eigenvalue weighted by Crippen LogP contribution is 2.40. The Morgan fingerprint density at radius 2 is 2.05 bits per heavy atom. The average Bonchev–Trinajstić information content (AvgIpc) is 2.84. The zero-order valence-corrected chi connectivity index (χ0v) is 10.8. The van der Waals surface area contributed by atoms with Gasteiger partial charge in [-0.1, -0.05) is 35.9 Å². The van der Waals surface area contributed by atoms with Crippen LogP contribution < -0.4 is 10.5 Å². The average molecular weight is 257 g/mol. The summed E-state index contributed by atoms with van der Waals surface area (Å²) in [6.45, 7) is 2.45. The monoisotopic (exact) mass is 257 g/mol. The molecule has 0 amide bonds. The first-order chi connectivity index (χ1) is 9.16. The van der Waals surface area contributed by atoms with Gasteiger partial charge in [-0.25, -0.2) is 4.39 Å². The van der Waals surface area contributed by atoms with Gasteiger partial charge in [0, 0.05) is 23.1 Å². The number of fused-ring (bicyclic) bond motifs is 1. The van der Waals surface area contributed by atoms with Crippen LogP contribution in [-0.2, 0) is 0 Å². The molecule has 3 rings (SSSR count). The number of benzene rings is 2. The largest absolute Gasteiger partial charge is 0.493 e. The van der Waals surface area contributed by atoms with E-state index in [0.717, 1.165) is 16.9 Å². The number of nitrogens with two attached hydrogens (primary N) is 1. The third kappa shape index (κ3) is 2.10. The zero-order chi connectivity index (χ0) is 13.4. The van der Waals surface area contributed by atoms with Crippen LogP contribution in [0.2, 0.25) is 0 Å². The number of hydrogen-bond donors (Lipinski definition) is 1. The standard InChI is InChI=1S/C16H16FNO/c1-10-6-7-14(17)12(8-10)16(18)13-9-19-15-5-3-2-4-11(13)15/h2-8,13,16H,9,18H2,1H3. The molecule has 2 unspecified atom stereocenters. The first kappa shape index (κ1) is 12.2. The van der Waals surface area contributed by atoms with E-state index < -0.39 is 0 Å². The van der Waals surface area contributed by atoms with Gasteiger partial charge in [-0.05, 0) is 19.1 Å². The van der Waals surface area contributed by atoms with Gasteiger partial charge in [0.1, 0.15) is 11.6 Å². The highest BCUT2D eigenvalue weighted by molar-refractivity contribution is 5.42. The van der Waals surface area contributed by atoms with Gasteiger partial charge in [-0.2, -0.15) is 0 Å². The van der Waals surface area contributed by atoms with E-state index >= 15 is 0 Å². The van der Waals surface area contributed by atoms with Crippen molar-refractivity contribution in [2.24, 2.45) is 5.73 Å². The predicted molar refractivity (Wildman–Crippen MR) is 72.7 cm³/mol. The highest BCUT2D eigenvalue weighted by Gasteiger charge is 2.31. The van der Waals surface area contributed by atoms with E-state index in [1.165, 1.54) is 6.07 Å². The van der Waals surface area contributed by atoms with Crippen molar-refractivity contribution in [2.45, 2.75) is 18.9 Å². The van der Waals surface area contributed by atoms with Crippen LogP contribution in [0.3, 0.4) is 0 Å². The molecule has 1 heterocycles. The van der Waals surface area contributed by atoms with Crippen molar-refractivity contribution in [1.82, 2.24) is 0 Å². The summed E-state index contributed by atoms with van der Waals surface area (Å²) in [6.07, 6.45) is 0. The van der Waals surface area contributed by atoms with Crippen LogP contribution in [0.5, 0.6) is 5.75 Å². The summed E-state index contributed by atoms with van der Waals surface area (Å²) in [5, 5.41) is 0. The van der Waals surface area contributed by atoms with Crippen LogP contribution in [0.25, 0.3) is 0 Å². The number of hydrogen-bond acceptors (Lipinski definition) is 2. The summed E-state index contributed by atoms with van der Waals surface area (Å²) in [5.74, 6) is 0.617. The maximum Gasteiger partial charge on any atom is 0.128 e. The second-order valence-corrected chi connectivity index (χ2v) is 5.01. The van der Waals surface area contributed by atoms with Crippen molar-refractivity contribution in [3.8, 4) is 5.75 Å². The molecule has 98 valence electrons. The van der Waals surface area contributed by atoms with Crippen LogP contribution in [-0.4, -0.2) is 6.61 Å². The van der Waals surface area contributed by atoms with Crippen LogP contribution in [0, 0.1) is 12.7 Å². The Morgan fingerprint density at radius 3 is 2.89 bits per heavy atom. The van der Waals surface area contributed by atoms with Gasteiger partial charge in [0.15, 0.2) is 0 Å². The van der Waals surface area contributed by atoms with Gasteiger partial charge in [0.2, 0.25) is 0 Å². The number of aryl methyl sites for hydroxylation is 1. The summed E-state index contributed by atoms with van der Waals surface area (Å²) >= 11 is 0. The second kappa shape index (κ2) is 4.67. The lowest BCUT2D eigenvalue weighted by Crippen LogP contribution is -2.22. The summed E-state index contributed by atoms with van der Waals surface area (Å²) in [5.41, 5.74) is 8.90. The Bertz CT molecular complexity index is 611. The van der Waals surface area contributed by atoms with Crippen molar-refractivity contribution in [3.63, 3.8) is 0 Å². The number of ether oxygens (including phenoxy) is 1. The molecule has 3 heteroatoms. The van der Waals surface area contributed by atoms with Crippen molar-refractivity contribution in [1.29, 1.82) is 0 Å². The maximum atomic E-state index is 13.9. The smallest absolute Gasteiger partial charge is 0.128 e. The van der Waals surface area contributed by atoms with Crippen molar-refractivity contribution in [3.05, 3.63) is 65.0 Å². The zero-order valence-electron chi connectivity index (χ0n) is 10.8. The Labute approximate surface area is 112 Å². The SMILES string of the molecule is Cc1ccc(F)c(C(N)C2COc3ccccc32)c1. The lowest BCUT2D eigenvalue weighted by atomic mass is 9.88. The summed E-state index contributed by atoms with van der Waals surface area (Å²) in [7, 11) is 0. The third-order valence-corrected chi connectivity index (χ3v) is 3.68. The normalized spacial score (nSPS) is 18.8. The molecule has 0 bridgehead atoms.